The average molecular weight is 334 g/mol. The van der Waals surface area contributed by atoms with Crippen LogP contribution in [0.5, 0.6) is 0 Å². The number of amides is 1. The zero-order chi connectivity index (χ0) is 16.3. The van der Waals surface area contributed by atoms with Crippen LogP contribution in [0.1, 0.15) is 25.6 Å². The highest BCUT2D eigenvalue weighted by Gasteiger charge is 2.27. The van der Waals surface area contributed by atoms with E-state index in [1.54, 1.807) is 32.2 Å². The molecule has 0 aromatic carbocycles. The molecule has 0 aliphatic heterocycles. The largest absolute Gasteiger partial charge is 0.327 e. The molecule has 0 bridgehead atoms. The van der Waals surface area contributed by atoms with Gasteiger partial charge in [0.25, 0.3) is 0 Å². The molecule has 7 heteroatoms. The molecule has 1 amide bonds. The minimum atomic E-state index is -0.809. The molecular formula is C15H18N4OS2. The van der Waals surface area contributed by atoms with Gasteiger partial charge in [-0.2, -0.15) is 5.26 Å². The van der Waals surface area contributed by atoms with Gasteiger partial charge in [-0.25, -0.2) is 9.97 Å². The molecule has 2 rings (SSSR count). The molecule has 0 aliphatic rings. The van der Waals surface area contributed by atoms with Crippen molar-refractivity contribution in [1.29, 1.82) is 5.26 Å². The predicted octanol–water partition coefficient (Wildman–Crippen LogP) is 3.11. The first-order valence-corrected chi connectivity index (χ1v) is 8.73. The van der Waals surface area contributed by atoms with Crippen molar-refractivity contribution < 1.29 is 4.79 Å². The summed E-state index contributed by atoms with van der Waals surface area (Å²) in [6.45, 7) is 5.56. The highest BCUT2D eigenvalue weighted by Crippen LogP contribution is 2.31. The van der Waals surface area contributed by atoms with Crippen LogP contribution >= 0.6 is 23.1 Å². The fourth-order valence-electron chi connectivity index (χ4n) is 1.79. The summed E-state index contributed by atoms with van der Waals surface area (Å²) in [7, 11) is 1.65. The maximum absolute atomic E-state index is 12.2. The number of hydrogen-bond acceptors (Lipinski definition) is 6. The lowest BCUT2D eigenvalue weighted by Crippen LogP contribution is -2.44. The van der Waals surface area contributed by atoms with Gasteiger partial charge in [-0.1, -0.05) is 18.7 Å². The van der Waals surface area contributed by atoms with Crippen LogP contribution in [0.25, 0.3) is 10.2 Å². The monoisotopic (exact) mass is 334 g/mol. The normalized spacial score (nSPS) is 11.4. The van der Waals surface area contributed by atoms with E-state index in [1.165, 1.54) is 27.9 Å². The number of thiophene rings is 1. The van der Waals surface area contributed by atoms with Crippen molar-refractivity contribution >= 4 is 39.2 Å². The summed E-state index contributed by atoms with van der Waals surface area (Å²) >= 11 is 3.05. The molecule has 22 heavy (non-hydrogen) atoms. The highest BCUT2D eigenvalue weighted by molar-refractivity contribution is 8.00. The van der Waals surface area contributed by atoms with Crippen molar-refractivity contribution in [2.75, 3.05) is 12.8 Å². The van der Waals surface area contributed by atoms with E-state index in [0.29, 0.717) is 0 Å². The lowest BCUT2D eigenvalue weighted by Gasteiger charge is -2.28. The number of thioether (sulfide) groups is 1. The molecule has 2 aromatic rings. The smallest absolute Gasteiger partial charge is 0.233 e. The number of rotatable bonds is 5. The molecule has 0 atom stereocenters. The highest BCUT2D eigenvalue weighted by atomic mass is 32.2. The first-order valence-electron chi connectivity index (χ1n) is 6.93. The fraction of sp³-hybridized carbons (Fsp3) is 0.467. The topological polar surface area (TPSA) is 69.9 Å². The van der Waals surface area contributed by atoms with Crippen molar-refractivity contribution in [3.05, 3.63) is 17.3 Å². The van der Waals surface area contributed by atoms with Crippen LogP contribution in [-0.2, 0) is 11.2 Å². The zero-order valence-corrected chi connectivity index (χ0v) is 14.7. The molecule has 116 valence electrons. The molecule has 0 fully saturated rings. The van der Waals surface area contributed by atoms with Crippen molar-refractivity contribution in [3.63, 3.8) is 0 Å². The second-order valence-electron chi connectivity index (χ2n) is 5.38. The third kappa shape index (κ3) is 3.39. The molecule has 0 aliphatic carbocycles. The predicted molar refractivity (Wildman–Crippen MR) is 90.0 cm³/mol. The maximum Gasteiger partial charge on any atom is 0.233 e. The number of fused-ring (bicyclic) bond motifs is 1. The fourth-order valence-corrected chi connectivity index (χ4v) is 3.67. The molecule has 5 nitrogen and oxygen atoms in total. The van der Waals surface area contributed by atoms with Gasteiger partial charge in [0.15, 0.2) is 0 Å². The van der Waals surface area contributed by atoms with E-state index in [0.717, 1.165) is 21.7 Å². The average Bonchev–Trinajstić information content (AvgIpc) is 2.95. The van der Waals surface area contributed by atoms with Gasteiger partial charge in [0.1, 0.15) is 21.7 Å². The van der Waals surface area contributed by atoms with Gasteiger partial charge in [0.05, 0.1) is 11.8 Å². The Balaban J connectivity index is 2.14. The van der Waals surface area contributed by atoms with Crippen LogP contribution in [-0.4, -0.2) is 39.1 Å². The molecule has 0 spiro atoms. The van der Waals surface area contributed by atoms with Gasteiger partial charge < -0.3 is 4.90 Å². The summed E-state index contributed by atoms with van der Waals surface area (Å²) in [5.41, 5.74) is -0.809. The summed E-state index contributed by atoms with van der Waals surface area (Å²) in [5, 5.41) is 10.9. The van der Waals surface area contributed by atoms with Gasteiger partial charge in [0, 0.05) is 17.3 Å². The van der Waals surface area contributed by atoms with Gasteiger partial charge in [-0.05, 0) is 26.3 Å². The molecule has 0 saturated carbocycles. The van der Waals surface area contributed by atoms with E-state index < -0.39 is 5.54 Å². The Morgan fingerprint density at radius 3 is 2.86 bits per heavy atom. The van der Waals surface area contributed by atoms with Crippen LogP contribution in [0, 0.1) is 11.3 Å². The van der Waals surface area contributed by atoms with Crippen molar-refractivity contribution in [3.8, 4) is 6.07 Å². The van der Waals surface area contributed by atoms with Crippen molar-refractivity contribution in [2.45, 2.75) is 37.8 Å². The molecule has 0 N–H and O–H groups in total. The lowest BCUT2D eigenvalue weighted by atomic mass is 10.1. The number of nitrogens with zero attached hydrogens (tertiary/aromatic N) is 4. The number of carbonyl (C=O) groups is 1. The molecule has 0 unspecified atom stereocenters. The van der Waals surface area contributed by atoms with E-state index >= 15 is 0 Å². The third-order valence-electron chi connectivity index (χ3n) is 3.51. The van der Waals surface area contributed by atoms with Crippen LogP contribution in [0.4, 0.5) is 0 Å². The lowest BCUT2D eigenvalue weighted by molar-refractivity contribution is -0.130. The number of hydrogen-bond donors (Lipinski definition) is 0. The standard InChI is InChI=1S/C15H18N4OS2/c1-5-10-6-11-13(17-9-18-14(11)22-10)21-7-12(20)19(4)15(2,3)8-16/h6,9H,5,7H2,1-4H3. The number of aryl methyl sites for hydroxylation is 1. The second kappa shape index (κ2) is 6.63. The first-order chi connectivity index (χ1) is 10.4. The Bertz CT molecular complexity index is 733. The summed E-state index contributed by atoms with van der Waals surface area (Å²) in [6, 6.07) is 4.23. The third-order valence-corrected chi connectivity index (χ3v) is 5.69. The van der Waals surface area contributed by atoms with E-state index in [1.807, 2.05) is 0 Å². The van der Waals surface area contributed by atoms with Crippen molar-refractivity contribution in [1.82, 2.24) is 14.9 Å². The van der Waals surface area contributed by atoms with Crippen LogP contribution < -0.4 is 0 Å². The quantitative estimate of drug-likeness (QED) is 0.621. The van der Waals surface area contributed by atoms with Crippen molar-refractivity contribution in [2.24, 2.45) is 0 Å². The summed E-state index contributed by atoms with van der Waals surface area (Å²) in [4.78, 5) is 24.5. The Morgan fingerprint density at radius 2 is 2.23 bits per heavy atom. The van der Waals surface area contributed by atoms with Gasteiger partial charge in [-0.15, -0.1) is 11.3 Å². The maximum atomic E-state index is 12.2. The van der Waals surface area contributed by atoms with Crippen LogP contribution in [0.3, 0.4) is 0 Å². The SMILES string of the molecule is CCc1cc2c(SCC(=O)N(C)C(C)(C)C#N)ncnc2s1. The summed E-state index contributed by atoms with van der Waals surface area (Å²) < 4.78 is 0. The molecule has 0 radical (unpaired) electrons. The van der Waals surface area contributed by atoms with E-state index in [2.05, 4.69) is 29.0 Å². The molecular weight excluding hydrogens is 316 g/mol. The summed E-state index contributed by atoms with van der Waals surface area (Å²) in [6.07, 6.45) is 2.50. The van der Waals surface area contributed by atoms with Gasteiger partial charge >= 0.3 is 0 Å². The minimum Gasteiger partial charge on any atom is -0.327 e. The Labute approximate surface area is 138 Å². The molecule has 2 aromatic heterocycles. The van der Waals surface area contributed by atoms with Crippen LogP contribution in [0.15, 0.2) is 17.4 Å². The summed E-state index contributed by atoms with van der Waals surface area (Å²) in [5.74, 6) is 0.166. The Kier molecular flexibility index (Phi) is 5.04. The molecule has 0 saturated heterocycles. The molecule has 2 heterocycles. The van der Waals surface area contributed by atoms with E-state index in [4.69, 9.17) is 5.26 Å². The minimum absolute atomic E-state index is 0.0887. The number of nitriles is 1. The van der Waals surface area contributed by atoms with Crippen LogP contribution in [0.2, 0.25) is 0 Å². The Morgan fingerprint density at radius 1 is 1.50 bits per heavy atom. The second-order valence-corrected chi connectivity index (χ2v) is 7.46. The van der Waals surface area contributed by atoms with Gasteiger partial charge in [-0.3, -0.25) is 4.79 Å². The number of aromatic nitrogens is 2. The number of carbonyl (C=O) groups excluding carboxylic acids is 1. The first kappa shape index (κ1) is 16.7. The van der Waals surface area contributed by atoms with E-state index in [9.17, 15) is 4.79 Å². The van der Waals surface area contributed by atoms with Gasteiger partial charge in [0.2, 0.25) is 5.91 Å². The van der Waals surface area contributed by atoms with E-state index in [-0.39, 0.29) is 11.7 Å². The zero-order valence-electron chi connectivity index (χ0n) is 13.1. The Hall–Kier alpha value is -1.65.